The minimum absolute atomic E-state index is 0.0508. The van der Waals surface area contributed by atoms with Crippen LogP contribution in [0.2, 0.25) is 0 Å². The summed E-state index contributed by atoms with van der Waals surface area (Å²) in [7, 11) is 0. The number of aliphatic hydroxyl groups excluding tert-OH is 1. The van der Waals surface area contributed by atoms with Crippen LogP contribution in [0.15, 0.2) is 0 Å². The van der Waals surface area contributed by atoms with Crippen molar-refractivity contribution in [3.63, 3.8) is 0 Å². The second-order valence-electron chi connectivity index (χ2n) is 7.54. The molecule has 0 radical (unpaired) electrons. The van der Waals surface area contributed by atoms with Crippen LogP contribution in [0.4, 0.5) is 0 Å². The highest BCUT2D eigenvalue weighted by molar-refractivity contribution is 5.17. The molecule has 2 heteroatoms. The monoisotopic (exact) mass is 238 g/mol. The molecule has 2 nitrogen and oxygen atoms in total. The van der Waals surface area contributed by atoms with E-state index >= 15 is 0 Å². The Kier molecular flexibility index (Phi) is 2.30. The molecule has 0 aromatic carbocycles. The van der Waals surface area contributed by atoms with E-state index in [4.69, 9.17) is 0 Å². The van der Waals surface area contributed by atoms with Crippen molar-refractivity contribution in [1.82, 2.24) is 0 Å². The molecule has 6 atom stereocenters. The maximum atomic E-state index is 10.7. The maximum absolute atomic E-state index is 10.7. The molecule has 98 valence electrons. The lowest BCUT2D eigenvalue weighted by molar-refractivity contribution is -0.0858. The lowest BCUT2D eigenvalue weighted by Gasteiger charge is -2.44. The first-order valence-electron chi connectivity index (χ1n) is 7.20. The fourth-order valence-electron chi connectivity index (χ4n) is 5.85. The van der Waals surface area contributed by atoms with Crippen LogP contribution in [0, 0.1) is 28.6 Å². The fourth-order valence-corrected chi connectivity index (χ4v) is 5.85. The summed E-state index contributed by atoms with van der Waals surface area (Å²) in [6.07, 6.45) is 5.80. The molecule has 3 aliphatic rings. The standard InChI is InChI=1S/C15H26O2/c1-10-4-5-11-13(2,9-16)12-8-15(10,11)7-6-14(12,3)17/h10-12,16-17H,4-9H2,1-3H3/t10-,11+,12-,13-,14-,15+/m1/s1. The van der Waals surface area contributed by atoms with E-state index < -0.39 is 5.60 Å². The van der Waals surface area contributed by atoms with Gasteiger partial charge in [-0.15, -0.1) is 0 Å². The Morgan fingerprint density at radius 3 is 2.47 bits per heavy atom. The topological polar surface area (TPSA) is 40.5 Å². The van der Waals surface area contributed by atoms with Gasteiger partial charge in [0, 0.05) is 6.61 Å². The van der Waals surface area contributed by atoms with Crippen LogP contribution in [-0.2, 0) is 0 Å². The molecule has 0 aromatic rings. The molecule has 3 saturated carbocycles. The average Bonchev–Trinajstić information content (AvgIpc) is 2.71. The van der Waals surface area contributed by atoms with Gasteiger partial charge in [-0.1, -0.05) is 13.8 Å². The van der Waals surface area contributed by atoms with Crippen molar-refractivity contribution in [3.8, 4) is 0 Å². The maximum Gasteiger partial charge on any atom is 0.0654 e. The highest BCUT2D eigenvalue weighted by Gasteiger charge is 2.68. The van der Waals surface area contributed by atoms with Gasteiger partial charge < -0.3 is 10.2 Å². The Labute approximate surface area is 104 Å². The van der Waals surface area contributed by atoms with Crippen molar-refractivity contribution in [2.75, 3.05) is 6.61 Å². The summed E-state index contributed by atoms with van der Waals surface area (Å²) >= 11 is 0. The molecule has 0 amide bonds. The summed E-state index contributed by atoms with van der Waals surface area (Å²) < 4.78 is 0. The molecule has 2 N–H and O–H groups in total. The van der Waals surface area contributed by atoms with E-state index in [0.717, 1.165) is 25.2 Å². The van der Waals surface area contributed by atoms with Crippen LogP contribution >= 0.6 is 0 Å². The van der Waals surface area contributed by atoms with Gasteiger partial charge in [-0.2, -0.15) is 0 Å². The second-order valence-corrected chi connectivity index (χ2v) is 7.54. The van der Waals surface area contributed by atoms with E-state index in [1.54, 1.807) is 0 Å². The molecule has 0 aliphatic heterocycles. The van der Waals surface area contributed by atoms with Gasteiger partial charge in [0.25, 0.3) is 0 Å². The molecule has 17 heavy (non-hydrogen) atoms. The third-order valence-electron chi connectivity index (χ3n) is 6.93. The Bertz CT molecular complexity index is 334. The molecule has 0 saturated heterocycles. The van der Waals surface area contributed by atoms with Gasteiger partial charge in [0.15, 0.2) is 0 Å². The Balaban J connectivity index is 2.08. The molecule has 3 rings (SSSR count). The van der Waals surface area contributed by atoms with Crippen molar-refractivity contribution < 1.29 is 10.2 Å². The van der Waals surface area contributed by atoms with Crippen molar-refractivity contribution in [2.45, 2.75) is 58.5 Å². The zero-order chi connectivity index (χ0) is 12.5. The van der Waals surface area contributed by atoms with Crippen molar-refractivity contribution >= 4 is 0 Å². The summed E-state index contributed by atoms with van der Waals surface area (Å²) in [5.74, 6) is 1.70. The lowest BCUT2D eigenvalue weighted by atomic mass is 9.64. The van der Waals surface area contributed by atoms with E-state index in [1.807, 2.05) is 6.92 Å². The minimum Gasteiger partial charge on any atom is -0.396 e. The molecule has 3 fully saturated rings. The summed E-state index contributed by atoms with van der Waals surface area (Å²) in [6.45, 7) is 6.85. The zero-order valence-corrected chi connectivity index (χ0v) is 11.4. The highest BCUT2D eigenvalue weighted by Crippen LogP contribution is 2.73. The quantitative estimate of drug-likeness (QED) is 0.737. The molecule has 0 unspecified atom stereocenters. The SMILES string of the molecule is C[C@@H]1CC[C@H]2[C@@](C)(CO)[C@H]3C[C@@]12CC[C@@]3(C)O. The Hall–Kier alpha value is -0.0800. The molecule has 0 heterocycles. The number of aliphatic hydroxyl groups is 2. The molecule has 2 bridgehead atoms. The third kappa shape index (κ3) is 1.24. The lowest BCUT2D eigenvalue weighted by Crippen LogP contribution is -2.46. The normalized spacial score (nSPS) is 61.6. The predicted molar refractivity (Wildman–Crippen MR) is 67.5 cm³/mol. The van der Waals surface area contributed by atoms with Gasteiger partial charge >= 0.3 is 0 Å². The summed E-state index contributed by atoms with van der Waals surface area (Å²) in [5, 5.41) is 20.6. The molecule has 0 aromatic heterocycles. The fraction of sp³-hybridized carbons (Fsp3) is 1.00. The number of hydrogen-bond acceptors (Lipinski definition) is 2. The van der Waals surface area contributed by atoms with Crippen molar-refractivity contribution in [1.29, 1.82) is 0 Å². The van der Waals surface area contributed by atoms with E-state index in [0.29, 0.717) is 17.3 Å². The van der Waals surface area contributed by atoms with Gasteiger partial charge in [-0.05, 0) is 67.6 Å². The summed E-state index contributed by atoms with van der Waals surface area (Å²) in [5.41, 5.74) is -0.179. The van der Waals surface area contributed by atoms with Gasteiger partial charge in [0.2, 0.25) is 0 Å². The van der Waals surface area contributed by atoms with Gasteiger partial charge in [0.05, 0.1) is 5.60 Å². The van der Waals surface area contributed by atoms with Crippen LogP contribution in [0.5, 0.6) is 0 Å². The summed E-state index contributed by atoms with van der Waals surface area (Å²) in [6, 6.07) is 0. The van der Waals surface area contributed by atoms with E-state index in [1.165, 1.54) is 12.8 Å². The molecule has 3 aliphatic carbocycles. The number of hydrogen-bond donors (Lipinski definition) is 2. The Morgan fingerprint density at radius 2 is 1.82 bits per heavy atom. The second kappa shape index (κ2) is 3.27. The smallest absolute Gasteiger partial charge is 0.0654 e. The van der Waals surface area contributed by atoms with Gasteiger partial charge in [-0.3, -0.25) is 0 Å². The molecular weight excluding hydrogens is 212 g/mol. The predicted octanol–water partition coefficient (Wildman–Crippen LogP) is 2.58. The largest absolute Gasteiger partial charge is 0.396 e. The van der Waals surface area contributed by atoms with Gasteiger partial charge in [-0.25, -0.2) is 0 Å². The third-order valence-corrected chi connectivity index (χ3v) is 6.93. The van der Waals surface area contributed by atoms with Gasteiger partial charge in [0.1, 0.15) is 0 Å². The van der Waals surface area contributed by atoms with E-state index in [9.17, 15) is 10.2 Å². The van der Waals surface area contributed by atoms with Crippen LogP contribution in [0.3, 0.4) is 0 Å². The van der Waals surface area contributed by atoms with Crippen molar-refractivity contribution in [2.24, 2.45) is 28.6 Å². The zero-order valence-electron chi connectivity index (χ0n) is 11.4. The van der Waals surface area contributed by atoms with Crippen LogP contribution in [0.1, 0.15) is 52.9 Å². The molecule has 1 spiro atoms. The van der Waals surface area contributed by atoms with Crippen LogP contribution in [-0.4, -0.2) is 22.4 Å². The first-order valence-corrected chi connectivity index (χ1v) is 7.20. The highest BCUT2D eigenvalue weighted by atomic mass is 16.3. The Morgan fingerprint density at radius 1 is 1.12 bits per heavy atom. The number of fused-ring (bicyclic) bond motifs is 1. The van der Waals surface area contributed by atoms with Crippen LogP contribution in [0.25, 0.3) is 0 Å². The van der Waals surface area contributed by atoms with Crippen molar-refractivity contribution in [3.05, 3.63) is 0 Å². The first kappa shape index (κ1) is 12.0. The minimum atomic E-state index is -0.563. The van der Waals surface area contributed by atoms with E-state index in [2.05, 4.69) is 13.8 Å². The van der Waals surface area contributed by atoms with Crippen LogP contribution < -0.4 is 0 Å². The molecular formula is C15H26O2. The average molecular weight is 238 g/mol. The first-order chi connectivity index (χ1) is 7.87. The van der Waals surface area contributed by atoms with E-state index in [-0.39, 0.29) is 12.0 Å². The number of rotatable bonds is 1. The summed E-state index contributed by atoms with van der Waals surface area (Å²) in [4.78, 5) is 0.